The first-order chi connectivity index (χ1) is 4.33. The molecule has 0 N–H and O–H groups in total. The molecule has 0 bridgehead atoms. The van der Waals surface area contributed by atoms with Crippen molar-refractivity contribution in [2.24, 2.45) is 0 Å². The lowest BCUT2D eigenvalue weighted by atomic mass is 9.85. The van der Waals surface area contributed by atoms with Crippen molar-refractivity contribution in [3.63, 3.8) is 0 Å². The van der Waals surface area contributed by atoms with Crippen LogP contribution in [0.5, 0.6) is 0 Å². The summed E-state index contributed by atoms with van der Waals surface area (Å²) in [6.07, 6.45) is 2.60. The van der Waals surface area contributed by atoms with Crippen LogP contribution in [0.25, 0.3) is 0 Å². The predicted octanol–water partition coefficient (Wildman–Crippen LogP) is 0.481. The van der Waals surface area contributed by atoms with Crippen molar-refractivity contribution in [1.82, 2.24) is 4.90 Å². The summed E-state index contributed by atoms with van der Waals surface area (Å²) in [5, 5.41) is 0. The molecule has 2 aliphatic heterocycles. The van der Waals surface area contributed by atoms with Crippen molar-refractivity contribution in [2.45, 2.75) is 18.4 Å². The lowest BCUT2D eigenvalue weighted by Crippen LogP contribution is -2.58. The number of hydrogen-bond acceptors (Lipinski definition) is 2. The Bertz CT molecular complexity index is 118. The Morgan fingerprint density at radius 1 is 1.44 bits per heavy atom. The zero-order valence-corrected chi connectivity index (χ0v) is 5.89. The predicted molar refractivity (Wildman–Crippen MR) is 35.4 cm³/mol. The van der Waals surface area contributed by atoms with Gasteiger partial charge in [-0.2, -0.15) is 0 Å². The minimum Gasteiger partial charge on any atom is -0.379 e. The number of hydrogen-bond donors (Lipinski definition) is 0. The SMILES string of the molecule is CN1CC[C@]12CCOC2. The van der Waals surface area contributed by atoms with Crippen molar-refractivity contribution >= 4 is 0 Å². The molecule has 2 rings (SSSR count). The fourth-order valence-electron chi connectivity index (χ4n) is 1.75. The molecule has 0 amide bonds. The van der Waals surface area contributed by atoms with Crippen LogP contribution in [0.1, 0.15) is 12.8 Å². The topological polar surface area (TPSA) is 12.5 Å². The Morgan fingerprint density at radius 3 is 2.56 bits per heavy atom. The van der Waals surface area contributed by atoms with E-state index in [0.717, 1.165) is 13.2 Å². The van der Waals surface area contributed by atoms with Crippen LogP contribution in [-0.4, -0.2) is 37.2 Å². The zero-order chi connectivity index (χ0) is 6.32. The Morgan fingerprint density at radius 2 is 2.33 bits per heavy atom. The molecule has 1 atom stereocenters. The van der Waals surface area contributed by atoms with E-state index in [2.05, 4.69) is 11.9 Å². The Kier molecular flexibility index (Phi) is 1.08. The van der Waals surface area contributed by atoms with E-state index in [1.807, 2.05) is 0 Å². The molecule has 2 fully saturated rings. The van der Waals surface area contributed by atoms with Crippen LogP contribution in [0.4, 0.5) is 0 Å². The molecule has 2 nitrogen and oxygen atoms in total. The standard InChI is InChI=1S/C7H13NO/c1-8-4-2-7(8)3-5-9-6-7/h2-6H2,1H3/t7-/m1/s1. The fourth-order valence-corrected chi connectivity index (χ4v) is 1.75. The molecular formula is C7H13NO. The van der Waals surface area contributed by atoms with Gasteiger partial charge in [-0.05, 0) is 19.9 Å². The van der Waals surface area contributed by atoms with Gasteiger partial charge < -0.3 is 4.74 Å². The van der Waals surface area contributed by atoms with Crippen LogP contribution < -0.4 is 0 Å². The van der Waals surface area contributed by atoms with Crippen molar-refractivity contribution in [3.8, 4) is 0 Å². The summed E-state index contributed by atoms with van der Waals surface area (Å²) in [6.45, 7) is 3.22. The largest absolute Gasteiger partial charge is 0.379 e. The number of ether oxygens (including phenoxy) is 1. The van der Waals surface area contributed by atoms with E-state index in [1.54, 1.807) is 0 Å². The average Bonchev–Trinajstić information content (AvgIpc) is 2.34. The van der Waals surface area contributed by atoms with E-state index in [1.165, 1.54) is 19.4 Å². The maximum atomic E-state index is 5.33. The van der Waals surface area contributed by atoms with Gasteiger partial charge in [0, 0.05) is 18.7 Å². The Balaban J connectivity index is 2.06. The summed E-state index contributed by atoms with van der Waals surface area (Å²) >= 11 is 0. The van der Waals surface area contributed by atoms with Crippen molar-refractivity contribution in [2.75, 3.05) is 26.8 Å². The third-order valence-electron chi connectivity index (χ3n) is 2.80. The minimum atomic E-state index is 0.486. The molecule has 2 aliphatic rings. The highest BCUT2D eigenvalue weighted by atomic mass is 16.5. The van der Waals surface area contributed by atoms with E-state index in [4.69, 9.17) is 4.74 Å². The highest BCUT2D eigenvalue weighted by molar-refractivity contribution is 5.00. The van der Waals surface area contributed by atoms with Gasteiger partial charge in [0.15, 0.2) is 0 Å². The quantitative estimate of drug-likeness (QED) is 0.469. The highest BCUT2D eigenvalue weighted by Crippen LogP contribution is 2.35. The molecule has 0 aliphatic carbocycles. The van der Waals surface area contributed by atoms with Crippen molar-refractivity contribution in [3.05, 3.63) is 0 Å². The van der Waals surface area contributed by atoms with E-state index in [0.29, 0.717) is 5.54 Å². The van der Waals surface area contributed by atoms with Gasteiger partial charge in [-0.25, -0.2) is 0 Å². The third kappa shape index (κ3) is 0.634. The van der Waals surface area contributed by atoms with Crippen LogP contribution in [0.15, 0.2) is 0 Å². The molecule has 2 heteroatoms. The van der Waals surface area contributed by atoms with Crippen LogP contribution in [0.3, 0.4) is 0 Å². The van der Waals surface area contributed by atoms with Crippen LogP contribution in [-0.2, 0) is 4.74 Å². The third-order valence-corrected chi connectivity index (χ3v) is 2.80. The molecule has 2 heterocycles. The van der Waals surface area contributed by atoms with Gasteiger partial charge in [-0.3, -0.25) is 4.90 Å². The molecule has 9 heavy (non-hydrogen) atoms. The van der Waals surface area contributed by atoms with E-state index in [9.17, 15) is 0 Å². The minimum absolute atomic E-state index is 0.486. The molecule has 0 saturated carbocycles. The molecule has 0 radical (unpaired) electrons. The van der Waals surface area contributed by atoms with E-state index >= 15 is 0 Å². The normalized spacial score (nSPS) is 43.7. The summed E-state index contributed by atoms with van der Waals surface area (Å²) in [4.78, 5) is 2.42. The summed E-state index contributed by atoms with van der Waals surface area (Å²) < 4.78 is 5.33. The van der Waals surface area contributed by atoms with Gasteiger partial charge in [0.05, 0.1) is 6.61 Å². The van der Waals surface area contributed by atoms with Crippen LogP contribution in [0, 0.1) is 0 Å². The van der Waals surface area contributed by atoms with Crippen molar-refractivity contribution in [1.29, 1.82) is 0 Å². The van der Waals surface area contributed by atoms with Gasteiger partial charge in [0.1, 0.15) is 0 Å². The molecule has 0 aromatic rings. The fraction of sp³-hybridized carbons (Fsp3) is 1.00. The second kappa shape index (κ2) is 1.70. The maximum absolute atomic E-state index is 5.33. The van der Waals surface area contributed by atoms with E-state index in [-0.39, 0.29) is 0 Å². The molecular weight excluding hydrogens is 114 g/mol. The summed E-state index contributed by atoms with van der Waals surface area (Å²) in [6, 6.07) is 0. The van der Waals surface area contributed by atoms with Gasteiger partial charge in [-0.15, -0.1) is 0 Å². The van der Waals surface area contributed by atoms with Gasteiger partial charge in [-0.1, -0.05) is 0 Å². The summed E-state index contributed by atoms with van der Waals surface area (Å²) in [7, 11) is 2.19. The monoisotopic (exact) mass is 127 g/mol. The first-order valence-electron chi connectivity index (χ1n) is 3.63. The lowest BCUT2D eigenvalue weighted by Gasteiger charge is -2.47. The van der Waals surface area contributed by atoms with Gasteiger partial charge in [0.2, 0.25) is 0 Å². The van der Waals surface area contributed by atoms with Crippen LogP contribution >= 0.6 is 0 Å². The Hall–Kier alpha value is -0.0800. The number of likely N-dealkylation sites (N-methyl/N-ethyl adjacent to an activating group) is 1. The summed E-state index contributed by atoms with van der Waals surface area (Å²) in [5.74, 6) is 0. The molecule has 2 saturated heterocycles. The highest BCUT2D eigenvalue weighted by Gasteiger charge is 2.44. The summed E-state index contributed by atoms with van der Waals surface area (Å²) in [5.41, 5.74) is 0.486. The molecule has 0 aromatic heterocycles. The van der Waals surface area contributed by atoms with Gasteiger partial charge >= 0.3 is 0 Å². The lowest BCUT2D eigenvalue weighted by molar-refractivity contribution is 0.00244. The maximum Gasteiger partial charge on any atom is 0.0651 e. The smallest absolute Gasteiger partial charge is 0.0651 e. The van der Waals surface area contributed by atoms with E-state index < -0.39 is 0 Å². The second-order valence-electron chi connectivity index (χ2n) is 3.20. The number of rotatable bonds is 0. The molecule has 0 aromatic carbocycles. The zero-order valence-electron chi connectivity index (χ0n) is 5.89. The Labute approximate surface area is 55.8 Å². The first kappa shape index (κ1) is 5.69. The number of nitrogens with zero attached hydrogens (tertiary/aromatic N) is 1. The molecule has 1 spiro atoms. The average molecular weight is 127 g/mol. The van der Waals surface area contributed by atoms with Crippen LogP contribution in [0.2, 0.25) is 0 Å². The second-order valence-corrected chi connectivity index (χ2v) is 3.20. The van der Waals surface area contributed by atoms with Crippen molar-refractivity contribution < 1.29 is 4.74 Å². The first-order valence-corrected chi connectivity index (χ1v) is 3.63. The number of likely N-dealkylation sites (tertiary alicyclic amines) is 1. The molecule has 0 unspecified atom stereocenters. The van der Waals surface area contributed by atoms with Gasteiger partial charge in [0.25, 0.3) is 0 Å². The molecule has 52 valence electrons.